The van der Waals surface area contributed by atoms with Crippen LogP contribution in [0.3, 0.4) is 0 Å². The highest BCUT2D eigenvalue weighted by atomic mass is 14.3. The van der Waals surface area contributed by atoms with Crippen LogP contribution in [0.25, 0.3) is 0 Å². The zero-order valence-electron chi connectivity index (χ0n) is 20.8. The molecule has 0 spiro atoms. The molecule has 0 aliphatic heterocycles. The molecule has 0 radical (unpaired) electrons. The molecule has 1 aliphatic carbocycles. The van der Waals surface area contributed by atoms with Crippen molar-refractivity contribution in [2.45, 2.75) is 144 Å². The molecule has 1 rings (SSSR count). The summed E-state index contributed by atoms with van der Waals surface area (Å²) >= 11 is 0. The molecule has 1 aliphatic rings. The van der Waals surface area contributed by atoms with Crippen molar-refractivity contribution in [3.8, 4) is 0 Å². The van der Waals surface area contributed by atoms with E-state index in [1.54, 1.807) is 6.42 Å². The van der Waals surface area contributed by atoms with E-state index in [1.165, 1.54) is 96.3 Å². The average molecular weight is 393 g/mol. The van der Waals surface area contributed by atoms with Crippen molar-refractivity contribution >= 4 is 0 Å². The highest BCUT2D eigenvalue weighted by molar-refractivity contribution is 4.76. The Balaban J connectivity index is 2.42. The summed E-state index contributed by atoms with van der Waals surface area (Å²) in [7, 11) is 0. The van der Waals surface area contributed by atoms with Crippen molar-refractivity contribution in [1.82, 2.24) is 0 Å². The topological polar surface area (TPSA) is 0 Å². The minimum absolute atomic E-state index is 0.873. The number of unbranched alkanes of at least 4 members (excludes halogenated alkanes) is 1. The largest absolute Gasteiger partial charge is 0.0654 e. The third kappa shape index (κ3) is 11.3. The molecule has 0 heteroatoms. The Hall–Kier alpha value is 0. The van der Waals surface area contributed by atoms with Crippen molar-refractivity contribution in [3.05, 3.63) is 0 Å². The summed E-state index contributed by atoms with van der Waals surface area (Å²) in [6.45, 7) is 14.5. The van der Waals surface area contributed by atoms with Crippen LogP contribution in [-0.4, -0.2) is 0 Å². The van der Waals surface area contributed by atoms with Gasteiger partial charge in [0.05, 0.1) is 0 Å². The number of hydrogen-bond acceptors (Lipinski definition) is 0. The fraction of sp³-hybridized carbons (Fsp3) is 1.00. The molecule has 0 aromatic heterocycles. The van der Waals surface area contributed by atoms with Crippen molar-refractivity contribution in [1.29, 1.82) is 0 Å². The molecule has 0 heterocycles. The van der Waals surface area contributed by atoms with E-state index in [0.29, 0.717) is 0 Å². The molecule has 0 bridgehead atoms. The lowest BCUT2D eigenvalue weighted by molar-refractivity contribution is 0.203. The lowest BCUT2D eigenvalue weighted by atomic mass is 9.74. The minimum atomic E-state index is 0.873. The van der Waals surface area contributed by atoms with Gasteiger partial charge in [0.25, 0.3) is 0 Å². The van der Waals surface area contributed by atoms with Gasteiger partial charge in [0.1, 0.15) is 0 Å². The Kier molecular flexibility index (Phi) is 14.7. The van der Waals surface area contributed by atoms with Gasteiger partial charge in [0.15, 0.2) is 0 Å². The van der Waals surface area contributed by atoms with Crippen LogP contribution in [-0.2, 0) is 0 Å². The standard InChI is InChI=1S/C28H56/c1-7-10-15-26(22-27-18-16-25(12-8-2)17-19-27)20-21-28(9-3)24(6)14-11-13-23(4)5/h23-28H,7-22H2,1-6H3. The zero-order valence-corrected chi connectivity index (χ0v) is 20.8. The van der Waals surface area contributed by atoms with E-state index in [0.717, 1.165) is 35.5 Å². The Labute approximate surface area is 180 Å². The van der Waals surface area contributed by atoms with E-state index in [-0.39, 0.29) is 0 Å². The first kappa shape index (κ1) is 26.0. The highest BCUT2D eigenvalue weighted by Gasteiger charge is 2.24. The van der Waals surface area contributed by atoms with Gasteiger partial charge in [-0.1, -0.05) is 131 Å². The highest BCUT2D eigenvalue weighted by Crippen LogP contribution is 2.38. The van der Waals surface area contributed by atoms with Gasteiger partial charge in [0.2, 0.25) is 0 Å². The molecule has 0 amide bonds. The van der Waals surface area contributed by atoms with Crippen LogP contribution in [0, 0.1) is 35.5 Å². The Morgan fingerprint density at radius 2 is 1.36 bits per heavy atom. The van der Waals surface area contributed by atoms with E-state index >= 15 is 0 Å². The van der Waals surface area contributed by atoms with Crippen molar-refractivity contribution < 1.29 is 0 Å². The maximum absolute atomic E-state index is 2.55. The second kappa shape index (κ2) is 15.8. The van der Waals surface area contributed by atoms with E-state index in [1.807, 2.05) is 0 Å². The van der Waals surface area contributed by atoms with Crippen LogP contribution in [0.1, 0.15) is 144 Å². The molecule has 0 aromatic carbocycles. The molecule has 28 heavy (non-hydrogen) atoms. The van der Waals surface area contributed by atoms with Crippen LogP contribution in [0.15, 0.2) is 0 Å². The Bertz CT molecular complexity index is 336. The van der Waals surface area contributed by atoms with Crippen LogP contribution < -0.4 is 0 Å². The maximum Gasteiger partial charge on any atom is -0.0391 e. The van der Waals surface area contributed by atoms with Gasteiger partial charge in [-0.15, -0.1) is 0 Å². The molecule has 3 unspecified atom stereocenters. The minimum Gasteiger partial charge on any atom is -0.0654 e. The number of hydrogen-bond donors (Lipinski definition) is 0. The quantitative estimate of drug-likeness (QED) is 0.245. The summed E-state index contributed by atoms with van der Waals surface area (Å²) in [6, 6.07) is 0. The first-order valence-corrected chi connectivity index (χ1v) is 13.5. The molecule has 1 fully saturated rings. The molecular weight excluding hydrogens is 336 g/mol. The molecule has 1 saturated carbocycles. The average Bonchev–Trinajstić information content (AvgIpc) is 2.67. The van der Waals surface area contributed by atoms with Crippen molar-refractivity contribution in [3.63, 3.8) is 0 Å². The third-order valence-corrected chi connectivity index (χ3v) is 8.01. The molecular formula is C28H56. The van der Waals surface area contributed by atoms with Gasteiger partial charge in [0, 0.05) is 0 Å². The Morgan fingerprint density at radius 3 is 1.93 bits per heavy atom. The lowest BCUT2D eigenvalue weighted by Crippen LogP contribution is -2.19. The SMILES string of the molecule is CCCCC(CCC(CC)C(C)CCCC(C)C)CC1CCC(CCC)CC1. The summed E-state index contributed by atoms with van der Waals surface area (Å²) in [6.07, 6.45) is 23.6. The predicted octanol–water partition coefficient (Wildman–Crippen LogP) is 10.1. The third-order valence-electron chi connectivity index (χ3n) is 8.01. The molecule has 0 saturated heterocycles. The zero-order chi connectivity index (χ0) is 20.8. The maximum atomic E-state index is 2.55. The van der Waals surface area contributed by atoms with E-state index < -0.39 is 0 Å². The summed E-state index contributed by atoms with van der Waals surface area (Å²) in [5.41, 5.74) is 0. The monoisotopic (exact) mass is 392 g/mol. The molecule has 168 valence electrons. The first-order chi connectivity index (χ1) is 13.5. The summed E-state index contributed by atoms with van der Waals surface area (Å²) in [5, 5.41) is 0. The second-order valence-corrected chi connectivity index (χ2v) is 11.0. The van der Waals surface area contributed by atoms with Gasteiger partial charge in [-0.05, 0) is 48.3 Å². The number of rotatable bonds is 16. The van der Waals surface area contributed by atoms with Gasteiger partial charge < -0.3 is 0 Å². The lowest BCUT2D eigenvalue weighted by Gasteiger charge is -2.32. The van der Waals surface area contributed by atoms with Gasteiger partial charge >= 0.3 is 0 Å². The normalized spacial score (nSPS) is 23.7. The first-order valence-electron chi connectivity index (χ1n) is 13.5. The molecule has 0 N–H and O–H groups in total. The van der Waals surface area contributed by atoms with Crippen LogP contribution in [0.5, 0.6) is 0 Å². The van der Waals surface area contributed by atoms with Crippen molar-refractivity contribution in [2.75, 3.05) is 0 Å². The second-order valence-electron chi connectivity index (χ2n) is 11.0. The molecule has 0 nitrogen and oxygen atoms in total. The van der Waals surface area contributed by atoms with Crippen LogP contribution >= 0.6 is 0 Å². The Morgan fingerprint density at radius 1 is 0.679 bits per heavy atom. The van der Waals surface area contributed by atoms with E-state index in [2.05, 4.69) is 41.5 Å². The predicted molar refractivity (Wildman–Crippen MR) is 129 cm³/mol. The van der Waals surface area contributed by atoms with Crippen LogP contribution in [0.2, 0.25) is 0 Å². The van der Waals surface area contributed by atoms with E-state index in [4.69, 9.17) is 0 Å². The van der Waals surface area contributed by atoms with Gasteiger partial charge in [-0.2, -0.15) is 0 Å². The van der Waals surface area contributed by atoms with Crippen LogP contribution in [0.4, 0.5) is 0 Å². The summed E-state index contributed by atoms with van der Waals surface area (Å²) < 4.78 is 0. The van der Waals surface area contributed by atoms with E-state index in [9.17, 15) is 0 Å². The molecule has 0 aromatic rings. The smallest absolute Gasteiger partial charge is 0.0391 e. The fourth-order valence-corrected chi connectivity index (χ4v) is 5.93. The molecule has 3 atom stereocenters. The summed E-state index contributed by atoms with van der Waals surface area (Å²) in [4.78, 5) is 0. The fourth-order valence-electron chi connectivity index (χ4n) is 5.93. The van der Waals surface area contributed by atoms with Crippen molar-refractivity contribution in [2.24, 2.45) is 35.5 Å². The van der Waals surface area contributed by atoms with Gasteiger partial charge in [-0.3, -0.25) is 0 Å². The summed E-state index contributed by atoms with van der Waals surface area (Å²) in [5.74, 6) is 5.91. The van der Waals surface area contributed by atoms with Gasteiger partial charge in [-0.25, -0.2) is 0 Å².